The molecule has 0 radical (unpaired) electrons. The molecule has 2 heterocycles. The van der Waals surface area contributed by atoms with E-state index in [9.17, 15) is 42.4 Å². The highest BCUT2D eigenvalue weighted by molar-refractivity contribution is 7.83. The number of likely N-dealkylation sites (tertiary alicyclic amines) is 1. The van der Waals surface area contributed by atoms with Crippen molar-refractivity contribution in [1.82, 2.24) is 30.3 Å². The molecule has 0 aliphatic carbocycles. The molecule has 1 aromatic carbocycles. The zero-order chi connectivity index (χ0) is 31.9. The Morgan fingerprint density at radius 2 is 1.95 bits per heavy atom. The number of phenolic OH excluding ortho intramolecular Hbond substituents is 2. The number of aromatic nitrogens is 1. The number of amides is 4. The molecule has 4 unspecified atom stereocenters. The van der Waals surface area contributed by atoms with Crippen molar-refractivity contribution in [3.63, 3.8) is 0 Å². The number of nitrogens with one attached hydrogen (secondary N) is 3. The van der Waals surface area contributed by atoms with Gasteiger partial charge in [-0.15, -0.1) is 0 Å². The number of nitrogens with zero attached hydrogens (tertiary/aromatic N) is 3. The van der Waals surface area contributed by atoms with E-state index < -0.39 is 58.3 Å². The molecule has 4 atom stereocenters. The smallest absolute Gasteiger partial charge is 0.362 e. The van der Waals surface area contributed by atoms with Gasteiger partial charge < -0.3 is 41.3 Å². The maximum Gasteiger partial charge on any atom is 0.362 e. The summed E-state index contributed by atoms with van der Waals surface area (Å²) >= 11 is 5.92. The SMILES string of the molecule is CC(NC=O)C(CNC(=O)c1cc(C2CCN(CC(N)CNC(=O)c3ccc(O)c(O)c3Cl)C2)no1)N(C=O)S(=O)(=O)O. The minimum atomic E-state index is -4.97. The maximum absolute atomic E-state index is 12.7. The molecule has 0 spiro atoms. The number of benzene rings is 1. The first-order valence-electron chi connectivity index (χ1n) is 12.9. The summed E-state index contributed by atoms with van der Waals surface area (Å²) in [6, 6.07) is 1.10. The molecule has 1 aromatic heterocycles. The van der Waals surface area contributed by atoms with Gasteiger partial charge in [0.2, 0.25) is 18.6 Å². The molecular formula is C24H32ClN7O10S. The van der Waals surface area contributed by atoms with Crippen LogP contribution in [0.15, 0.2) is 22.7 Å². The zero-order valence-electron chi connectivity index (χ0n) is 22.8. The number of hydrogen-bond donors (Lipinski definition) is 7. The monoisotopic (exact) mass is 645 g/mol. The molecule has 1 aliphatic heterocycles. The highest BCUT2D eigenvalue weighted by atomic mass is 35.5. The summed E-state index contributed by atoms with van der Waals surface area (Å²) in [5.74, 6) is -2.65. The van der Waals surface area contributed by atoms with Crippen LogP contribution in [0.1, 0.15) is 45.9 Å². The number of carbonyl (C=O) groups is 4. The summed E-state index contributed by atoms with van der Waals surface area (Å²) in [5, 5.41) is 30.2. The molecule has 3 rings (SSSR count). The topological polar surface area (TPSA) is 258 Å². The second-order valence-corrected chi connectivity index (χ2v) is 11.6. The number of phenols is 2. The number of hydrogen-bond acceptors (Lipinski definition) is 12. The van der Waals surface area contributed by atoms with Gasteiger partial charge in [-0.05, 0) is 32.0 Å². The van der Waals surface area contributed by atoms with Crippen LogP contribution >= 0.6 is 11.6 Å². The minimum Gasteiger partial charge on any atom is -0.504 e. The lowest BCUT2D eigenvalue weighted by Crippen LogP contribution is -2.55. The van der Waals surface area contributed by atoms with Crippen LogP contribution in [0.3, 0.4) is 0 Å². The summed E-state index contributed by atoms with van der Waals surface area (Å²) in [7, 11) is -4.97. The molecule has 1 saturated heterocycles. The standard InChI is InChI=1S/C24H32ClN7O10S/c1-13(29-11-33)18(32(12-34)43(39,40)41)8-28-24(38)20-6-17(30-42-20)14-4-5-31(9-14)10-15(26)7-27-23(37)16-2-3-19(35)22(36)21(16)25/h2-3,6,11-15,18,35-36H,4-5,7-10,26H2,1H3,(H,27,37)(H,28,38)(H,29,33)(H,39,40,41). The van der Waals surface area contributed by atoms with Crippen LogP contribution in [-0.4, -0.2) is 113 Å². The Bertz CT molecular complexity index is 1440. The molecule has 17 nitrogen and oxygen atoms in total. The molecular weight excluding hydrogens is 614 g/mol. The van der Waals surface area contributed by atoms with Crippen LogP contribution in [0.4, 0.5) is 0 Å². The maximum atomic E-state index is 12.7. The Morgan fingerprint density at radius 3 is 2.60 bits per heavy atom. The average Bonchev–Trinajstić information content (AvgIpc) is 3.62. The van der Waals surface area contributed by atoms with Gasteiger partial charge in [0.1, 0.15) is 0 Å². The van der Waals surface area contributed by atoms with E-state index in [4.69, 9.17) is 21.9 Å². The fraction of sp³-hybridized carbons (Fsp3) is 0.458. The van der Waals surface area contributed by atoms with Crippen molar-refractivity contribution in [2.24, 2.45) is 5.73 Å². The van der Waals surface area contributed by atoms with Crippen molar-refractivity contribution < 1.29 is 46.9 Å². The van der Waals surface area contributed by atoms with Crippen molar-refractivity contribution in [1.29, 1.82) is 0 Å². The molecule has 1 fully saturated rings. The summed E-state index contributed by atoms with van der Waals surface area (Å²) in [6.45, 7) is 2.63. The van der Waals surface area contributed by atoms with Gasteiger partial charge in [0.25, 0.3) is 11.8 Å². The van der Waals surface area contributed by atoms with Gasteiger partial charge in [0, 0.05) is 50.2 Å². The van der Waals surface area contributed by atoms with E-state index in [-0.39, 0.29) is 45.9 Å². The highest BCUT2D eigenvalue weighted by Crippen LogP contribution is 2.35. The van der Waals surface area contributed by atoms with Crippen LogP contribution < -0.4 is 21.7 Å². The number of aromatic hydroxyl groups is 2. The van der Waals surface area contributed by atoms with E-state index in [1.54, 1.807) is 0 Å². The summed E-state index contributed by atoms with van der Waals surface area (Å²) in [6.07, 6.45) is 0.822. The molecule has 1 aliphatic rings. The van der Waals surface area contributed by atoms with Gasteiger partial charge >= 0.3 is 10.3 Å². The summed E-state index contributed by atoms with van der Waals surface area (Å²) in [4.78, 5) is 49.2. The largest absolute Gasteiger partial charge is 0.504 e. The van der Waals surface area contributed by atoms with E-state index in [0.717, 1.165) is 6.07 Å². The van der Waals surface area contributed by atoms with E-state index in [2.05, 4.69) is 21.1 Å². The molecule has 19 heteroatoms. The van der Waals surface area contributed by atoms with Crippen molar-refractivity contribution in [2.75, 3.05) is 32.7 Å². The average molecular weight is 646 g/mol. The Labute approximate surface area is 251 Å². The lowest BCUT2D eigenvalue weighted by Gasteiger charge is -2.29. The Balaban J connectivity index is 1.52. The third-order valence-electron chi connectivity index (χ3n) is 6.88. The molecule has 2 aromatic rings. The van der Waals surface area contributed by atoms with Crippen LogP contribution in [0.25, 0.3) is 0 Å². The molecule has 43 heavy (non-hydrogen) atoms. The first-order valence-corrected chi connectivity index (χ1v) is 14.7. The van der Waals surface area contributed by atoms with Crippen LogP contribution in [0.2, 0.25) is 5.02 Å². The van der Waals surface area contributed by atoms with Crippen molar-refractivity contribution >= 4 is 46.5 Å². The quantitative estimate of drug-likeness (QED) is 0.0681. The first kappa shape index (κ1) is 33.5. The highest BCUT2D eigenvalue weighted by Gasteiger charge is 2.33. The van der Waals surface area contributed by atoms with Crippen molar-refractivity contribution in [3.05, 3.63) is 40.2 Å². The number of nitrogens with two attached hydrogens (primary N) is 1. The van der Waals surface area contributed by atoms with Gasteiger partial charge in [-0.3, -0.25) is 23.7 Å². The predicted molar refractivity (Wildman–Crippen MR) is 150 cm³/mol. The van der Waals surface area contributed by atoms with E-state index in [0.29, 0.717) is 31.7 Å². The number of carbonyl (C=O) groups excluding carboxylic acids is 4. The van der Waals surface area contributed by atoms with Gasteiger partial charge in [-0.1, -0.05) is 16.8 Å². The first-order chi connectivity index (χ1) is 20.3. The fourth-order valence-electron chi connectivity index (χ4n) is 4.57. The second-order valence-electron chi connectivity index (χ2n) is 9.89. The van der Waals surface area contributed by atoms with Crippen molar-refractivity contribution in [3.8, 4) is 11.5 Å². The van der Waals surface area contributed by atoms with Gasteiger partial charge in [0.15, 0.2) is 11.5 Å². The Morgan fingerprint density at radius 1 is 1.26 bits per heavy atom. The summed E-state index contributed by atoms with van der Waals surface area (Å²) < 4.78 is 37.7. The van der Waals surface area contributed by atoms with Gasteiger partial charge in [-0.25, -0.2) is 4.31 Å². The Hall–Kier alpha value is -3.97. The van der Waals surface area contributed by atoms with Crippen molar-refractivity contribution in [2.45, 2.75) is 37.4 Å². The van der Waals surface area contributed by atoms with Crippen LogP contribution in [0, 0.1) is 0 Å². The normalized spacial score (nSPS) is 17.4. The lowest BCUT2D eigenvalue weighted by molar-refractivity contribution is -0.117. The zero-order valence-corrected chi connectivity index (χ0v) is 24.4. The Kier molecular flexibility index (Phi) is 11.3. The van der Waals surface area contributed by atoms with Gasteiger partial charge in [-0.2, -0.15) is 8.42 Å². The third kappa shape index (κ3) is 8.54. The number of rotatable bonds is 15. The molecule has 0 saturated carbocycles. The van der Waals surface area contributed by atoms with Crippen LogP contribution in [-0.2, 0) is 19.9 Å². The molecule has 8 N–H and O–H groups in total. The van der Waals surface area contributed by atoms with Crippen LogP contribution in [0.5, 0.6) is 11.5 Å². The lowest BCUT2D eigenvalue weighted by atomic mass is 10.0. The second kappa shape index (κ2) is 14.5. The minimum absolute atomic E-state index is 0.0153. The molecule has 0 bridgehead atoms. The molecule has 236 valence electrons. The molecule has 4 amide bonds. The summed E-state index contributed by atoms with van der Waals surface area (Å²) in [5.41, 5.74) is 6.67. The predicted octanol–water partition coefficient (Wildman–Crippen LogP) is -1.22. The van der Waals surface area contributed by atoms with E-state index >= 15 is 0 Å². The van der Waals surface area contributed by atoms with E-state index in [1.165, 1.54) is 19.1 Å². The fourth-order valence-corrected chi connectivity index (χ4v) is 5.52. The number of halogens is 1. The van der Waals surface area contributed by atoms with Gasteiger partial charge in [0.05, 0.1) is 22.3 Å². The third-order valence-corrected chi connectivity index (χ3v) is 8.15. The van der Waals surface area contributed by atoms with E-state index in [1.807, 2.05) is 4.90 Å².